The Morgan fingerprint density at radius 2 is 2.11 bits per heavy atom. The van der Waals surface area contributed by atoms with E-state index in [0.717, 1.165) is 0 Å². The van der Waals surface area contributed by atoms with Crippen molar-refractivity contribution in [1.29, 1.82) is 0 Å². The molecule has 7 heteroatoms. The first kappa shape index (κ1) is 14.5. The third-order valence-corrected chi connectivity index (χ3v) is 4.07. The largest absolute Gasteiger partial charge is 0.469 e. The molecule has 1 aromatic rings. The van der Waals surface area contributed by atoms with E-state index in [1.54, 1.807) is 19.1 Å². The fourth-order valence-corrected chi connectivity index (χ4v) is 2.69. The van der Waals surface area contributed by atoms with Gasteiger partial charge in [0.15, 0.2) is 0 Å². The fraction of sp³-hybridized carbons (Fsp3) is 0.364. The van der Waals surface area contributed by atoms with Gasteiger partial charge in [0, 0.05) is 12.2 Å². The summed E-state index contributed by atoms with van der Waals surface area (Å²) in [5.74, 6) is -0.470. The maximum Gasteiger partial charge on any atom is 0.306 e. The molecule has 0 unspecified atom stereocenters. The van der Waals surface area contributed by atoms with Gasteiger partial charge in [-0.2, -0.15) is 0 Å². The Hall–Kier alpha value is -1.60. The number of anilines is 1. The van der Waals surface area contributed by atoms with Gasteiger partial charge in [-0.3, -0.25) is 4.79 Å². The van der Waals surface area contributed by atoms with Crippen molar-refractivity contribution in [3.63, 3.8) is 0 Å². The maximum absolute atomic E-state index is 12.0. The zero-order valence-corrected chi connectivity index (χ0v) is 11.1. The van der Waals surface area contributed by atoms with E-state index in [9.17, 15) is 13.2 Å². The van der Waals surface area contributed by atoms with Gasteiger partial charge >= 0.3 is 5.97 Å². The van der Waals surface area contributed by atoms with E-state index >= 15 is 0 Å². The topological polar surface area (TPSA) is 98.5 Å². The third kappa shape index (κ3) is 3.44. The molecule has 0 atom stereocenters. The molecule has 0 bridgehead atoms. The van der Waals surface area contributed by atoms with E-state index in [4.69, 9.17) is 5.73 Å². The molecule has 100 valence electrons. The molecule has 3 N–H and O–H groups in total. The van der Waals surface area contributed by atoms with Crippen LogP contribution in [0.25, 0.3) is 0 Å². The van der Waals surface area contributed by atoms with Crippen molar-refractivity contribution in [3.8, 4) is 0 Å². The van der Waals surface area contributed by atoms with E-state index in [0.29, 0.717) is 11.3 Å². The molecule has 0 fully saturated rings. The second-order valence-electron chi connectivity index (χ2n) is 3.69. The van der Waals surface area contributed by atoms with Crippen molar-refractivity contribution in [2.75, 3.05) is 19.4 Å². The first-order chi connectivity index (χ1) is 8.38. The van der Waals surface area contributed by atoms with E-state index < -0.39 is 16.0 Å². The fourth-order valence-electron chi connectivity index (χ4n) is 1.39. The number of nitrogens with one attached hydrogen (secondary N) is 1. The van der Waals surface area contributed by atoms with Crippen molar-refractivity contribution in [3.05, 3.63) is 23.8 Å². The van der Waals surface area contributed by atoms with Crippen LogP contribution in [0.1, 0.15) is 12.0 Å². The van der Waals surface area contributed by atoms with Gasteiger partial charge in [0.25, 0.3) is 0 Å². The van der Waals surface area contributed by atoms with Crippen LogP contribution in [0.5, 0.6) is 0 Å². The minimum absolute atomic E-state index is 0.0107. The van der Waals surface area contributed by atoms with Crippen LogP contribution in [0.4, 0.5) is 5.69 Å². The number of rotatable bonds is 5. The molecule has 0 heterocycles. The lowest BCUT2D eigenvalue weighted by Gasteiger charge is -2.10. The molecule has 0 amide bonds. The summed E-state index contributed by atoms with van der Waals surface area (Å²) in [6.45, 7) is 1.62. The summed E-state index contributed by atoms with van der Waals surface area (Å²) in [7, 11) is -2.41. The Morgan fingerprint density at radius 1 is 1.44 bits per heavy atom. The Kier molecular flexibility index (Phi) is 4.69. The summed E-state index contributed by atoms with van der Waals surface area (Å²) in [6.07, 6.45) is -0.0168. The maximum atomic E-state index is 12.0. The SMILES string of the molecule is COC(=O)CCNS(=O)(=O)c1cccc(N)c1C. The zero-order chi connectivity index (χ0) is 13.8. The highest BCUT2D eigenvalue weighted by Gasteiger charge is 2.17. The summed E-state index contributed by atoms with van der Waals surface area (Å²) in [6, 6.07) is 4.66. The highest BCUT2D eigenvalue weighted by Crippen LogP contribution is 2.19. The van der Waals surface area contributed by atoms with Crippen LogP contribution >= 0.6 is 0 Å². The monoisotopic (exact) mass is 272 g/mol. The average molecular weight is 272 g/mol. The molecule has 0 aliphatic rings. The van der Waals surface area contributed by atoms with E-state index in [1.807, 2.05) is 0 Å². The number of sulfonamides is 1. The average Bonchev–Trinajstić information content (AvgIpc) is 2.32. The summed E-state index contributed by atoms with van der Waals surface area (Å²) in [5.41, 5.74) is 6.55. The summed E-state index contributed by atoms with van der Waals surface area (Å²) in [5, 5.41) is 0. The number of nitrogen functional groups attached to an aromatic ring is 1. The number of methoxy groups -OCH3 is 1. The molecule has 0 aliphatic heterocycles. The Balaban J connectivity index is 2.81. The van der Waals surface area contributed by atoms with Crippen LogP contribution < -0.4 is 10.5 Å². The van der Waals surface area contributed by atoms with Crippen LogP contribution in [0.15, 0.2) is 23.1 Å². The Labute approximate surface area is 106 Å². The number of carbonyl (C=O) groups is 1. The van der Waals surface area contributed by atoms with Gasteiger partial charge in [-0.15, -0.1) is 0 Å². The predicted octanol–water partition coefficient (Wildman–Crippen LogP) is 0.419. The molecular formula is C11H16N2O4S. The predicted molar refractivity (Wildman–Crippen MR) is 67.4 cm³/mol. The van der Waals surface area contributed by atoms with Gasteiger partial charge in [0.1, 0.15) is 0 Å². The van der Waals surface area contributed by atoms with Gasteiger partial charge in [0.2, 0.25) is 10.0 Å². The highest BCUT2D eigenvalue weighted by molar-refractivity contribution is 7.89. The Morgan fingerprint density at radius 3 is 2.72 bits per heavy atom. The quantitative estimate of drug-likeness (QED) is 0.598. The minimum Gasteiger partial charge on any atom is -0.469 e. The number of ether oxygens (including phenoxy) is 1. The van der Waals surface area contributed by atoms with Crippen molar-refractivity contribution >= 4 is 21.7 Å². The molecule has 0 spiro atoms. The van der Waals surface area contributed by atoms with Gasteiger partial charge < -0.3 is 10.5 Å². The lowest BCUT2D eigenvalue weighted by molar-refractivity contribution is -0.140. The first-order valence-corrected chi connectivity index (χ1v) is 6.78. The number of carbonyl (C=O) groups excluding carboxylic acids is 1. The molecule has 1 aromatic carbocycles. The minimum atomic E-state index is -3.66. The van der Waals surface area contributed by atoms with Crippen molar-refractivity contribution in [2.45, 2.75) is 18.2 Å². The lowest BCUT2D eigenvalue weighted by atomic mass is 10.2. The molecule has 0 aromatic heterocycles. The third-order valence-electron chi connectivity index (χ3n) is 2.46. The van der Waals surface area contributed by atoms with Crippen LogP contribution in [0.2, 0.25) is 0 Å². The number of benzene rings is 1. The smallest absolute Gasteiger partial charge is 0.306 e. The zero-order valence-electron chi connectivity index (χ0n) is 10.3. The van der Waals surface area contributed by atoms with Gasteiger partial charge in [0.05, 0.1) is 18.4 Å². The Bertz CT molecular complexity index is 540. The van der Waals surface area contributed by atoms with Crippen LogP contribution in [0.3, 0.4) is 0 Å². The first-order valence-electron chi connectivity index (χ1n) is 5.30. The molecule has 0 saturated carbocycles. The van der Waals surface area contributed by atoms with Gasteiger partial charge in [-0.05, 0) is 24.6 Å². The van der Waals surface area contributed by atoms with Crippen molar-refractivity contribution in [2.24, 2.45) is 0 Å². The summed E-state index contributed by atoms with van der Waals surface area (Å²) in [4.78, 5) is 11.0. The standard InChI is InChI=1S/C11H16N2O4S/c1-8-9(12)4-3-5-10(8)18(15,16)13-7-6-11(14)17-2/h3-5,13H,6-7,12H2,1-2H3. The normalized spacial score (nSPS) is 11.2. The van der Waals surface area contributed by atoms with Crippen molar-refractivity contribution in [1.82, 2.24) is 4.72 Å². The summed E-state index contributed by atoms with van der Waals surface area (Å²) >= 11 is 0. The number of hydrogen-bond donors (Lipinski definition) is 2. The molecule has 0 radical (unpaired) electrons. The van der Waals surface area contributed by atoms with Crippen LogP contribution in [0, 0.1) is 6.92 Å². The molecule has 0 saturated heterocycles. The van der Waals surface area contributed by atoms with Crippen LogP contribution in [-0.4, -0.2) is 28.0 Å². The second-order valence-corrected chi connectivity index (χ2v) is 5.43. The molecular weight excluding hydrogens is 256 g/mol. The van der Waals surface area contributed by atoms with Crippen molar-refractivity contribution < 1.29 is 17.9 Å². The number of nitrogens with two attached hydrogens (primary N) is 1. The number of hydrogen-bond acceptors (Lipinski definition) is 5. The lowest BCUT2D eigenvalue weighted by Crippen LogP contribution is -2.27. The molecule has 6 nitrogen and oxygen atoms in total. The number of esters is 1. The van der Waals surface area contributed by atoms with Gasteiger partial charge in [-0.1, -0.05) is 6.07 Å². The molecule has 0 aliphatic carbocycles. The van der Waals surface area contributed by atoms with E-state index in [-0.39, 0.29) is 17.9 Å². The van der Waals surface area contributed by atoms with E-state index in [1.165, 1.54) is 13.2 Å². The summed E-state index contributed by atoms with van der Waals surface area (Å²) < 4.78 is 30.7. The molecule has 1 rings (SSSR count). The second kappa shape index (κ2) is 5.83. The van der Waals surface area contributed by atoms with Crippen LogP contribution in [-0.2, 0) is 19.6 Å². The highest BCUT2D eigenvalue weighted by atomic mass is 32.2. The van der Waals surface area contributed by atoms with E-state index in [2.05, 4.69) is 9.46 Å². The van der Waals surface area contributed by atoms with Gasteiger partial charge in [-0.25, -0.2) is 13.1 Å². The molecule has 18 heavy (non-hydrogen) atoms.